The molecular formula is C13H9F3N4O3S. The summed E-state index contributed by atoms with van der Waals surface area (Å²) in [5.41, 5.74) is -0.324. The number of alkyl halides is 3. The Balaban J connectivity index is 1.53. The fourth-order valence-electron chi connectivity index (χ4n) is 1.74. The fourth-order valence-corrected chi connectivity index (χ4v) is 2.37. The van der Waals surface area contributed by atoms with Crippen LogP contribution in [-0.2, 0) is 28.9 Å². The summed E-state index contributed by atoms with van der Waals surface area (Å²) in [6.45, 7) is -0.703. The van der Waals surface area contributed by atoms with Crippen LogP contribution in [0.25, 0.3) is 11.5 Å². The lowest BCUT2D eigenvalue weighted by molar-refractivity contribution is -0.147. The Bertz CT molecular complexity index is 826. The predicted molar refractivity (Wildman–Crippen MR) is 74.6 cm³/mol. The highest BCUT2D eigenvalue weighted by molar-refractivity contribution is 7.08. The monoisotopic (exact) mass is 358 g/mol. The number of ether oxygens (including phenoxy) is 1. The second kappa shape index (κ2) is 6.43. The van der Waals surface area contributed by atoms with Crippen LogP contribution >= 0.6 is 11.3 Å². The molecule has 11 heteroatoms. The molecule has 3 heterocycles. The van der Waals surface area contributed by atoms with Crippen molar-refractivity contribution >= 4 is 17.3 Å². The van der Waals surface area contributed by atoms with Crippen molar-refractivity contribution in [3.8, 4) is 11.5 Å². The number of rotatable bonds is 5. The van der Waals surface area contributed by atoms with E-state index in [9.17, 15) is 18.0 Å². The Morgan fingerprint density at radius 2 is 2.21 bits per heavy atom. The van der Waals surface area contributed by atoms with E-state index in [1.807, 2.05) is 10.8 Å². The molecule has 0 atom stereocenters. The first-order chi connectivity index (χ1) is 11.4. The first kappa shape index (κ1) is 16.2. The third-order valence-corrected chi connectivity index (χ3v) is 3.50. The molecule has 0 aliphatic heterocycles. The molecule has 0 spiro atoms. The highest BCUT2D eigenvalue weighted by atomic mass is 32.1. The van der Waals surface area contributed by atoms with Crippen molar-refractivity contribution < 1.29 is 27.2 Å². The molecule has 0 saturated heterocycles. The van der Waals surface area contributed by atoms with Gasteiger partial charge in [-0.2, -0.15) is 34.6 Å². The Hall–Kier alpha value is -2.69. The van der Waals surface area contributed by atoms with E-state index in [-0.39, 0.29) is 12.4 Å². The summed E-state index contributed by atoms with van der Waals surface area (Å²) in [6.07, 6.45) is -3.51. The molecule has 0 fully saturated rings. The van der Waals surface area contributed by atoms with Gasteiger partial charge in [0.1, 0.15) is 6.54 Å². The molecule has 126 valence electrons. The van der Waals surface area contributed by atoms with Gasteiger partial charge < -0.3 is 9.26 Å². The molecule has 3 aromatic rings. The lowest BCUT2D eigenvalue weighted by atomic mass is 10.3. The number of carbonyl (C=O) groups excluding carboxylic acids is 1. The Labute approximate surface area is 136 Å². The maximum absolute atomic E-state index is 12.4. The van der Waals surface area contributed by atoms with Crippen molar-refractivity contribution in [3.05, 3.63) is 40.6 Å². The lowest BCUT2D eigenvalue weighted by Crippen LogP contribution is -2.15. The third-order valence-electron chi connectivity index (χ3n) is 2.82. The van der Waals surface area contributed by atoms with Crippen molar-refractivity contribution in [2.24, 2.45) is 0 Å². The predicted octanol–water partition coefficient (Wildman–Crippen LogP) is 2.76. The zero-order chi connectivity index (χ0) is 17.2. The zero-order valence-corrected chi connectivity index (χ0v) is 12.7. The van der Waals surface area contributed by atoms with Crippen LogP contribution in [0, 0.1) is 0 Å². The molecule has 0 aliphatic rings. The van der Waals surface area contributed by atoms with Crippen molar-refractivity contribution in [1.82, 2.24) is 19.9 Å². The first-order valence-corrected chi connectivity index (χ1v) is 7.47. The molecule has 3 aromatic heterocycles. The maximum atomic E-state index is 12.4. The molecule has 0 aliphatic carbocycles. The molecule has 0 N–H and O–H groups in total. The molecule has 3 rings (SSSR count). The van der Waals surface area contributed by atoms with Gasteiger partial charge in [0.15, 0.2) is 12.3 Å². The highest BCUT2D eigenvalue weighted by Crippen LogP contribution is 2.27. The second-order valence-electron chi connectivity index (χ2n) is 4.58. The van der Waals surface area contributed by atoms with Gasteiger partial charge in [0.2, 0.25) is 5.82 Å². The fraction of sp³-hybridized carbons (Fsp3) is 0.231. The summed E-state index contributed by atoms with van der Waals surface area (Å²) in [6, 6.07) is 2.57. The Kier molecular flexibility index (Phi) is 4.34. The maximum Gasteiger partial charge on any atom is 0.435 e. The van der Waals surface area contributed by atoms with Gasteiger partial charge in [-0.3, -0.25) is 9.48 Å². The van der Waals surface area contributed by atoms with Crippen LogP contribution in [0.2, 0.25) is 0 Å². The Morgan fingerprint density at radius 3 is 2.88 bits per heavy atom. The summed E-state index contributed by atoms with van der Waals surface area (Å²) in [5, 5.41) is 10.6. The number of aromatic nitrogens is 4. The van der Waals surface area contributed by atoms with Gasteiger partial charge in [-0.25, -0.2) is 0 Å². The van der Waals surface area contributed by atoms with Gasteiger partial charge in [0, 0.05) is 11.6 Å². The van der Waals surface area contributed by atoms with Crippen LogP contribution in [0.5, 0.6) is 0 Å². The van der Waals surface area contributed by atoms with Crippen LogP contribution in [0.4, 0.5) is 13.2 Å². The molecule has 0 radical (unpaired) electrons. The minimum Gasteiger partial charge on any atom is -0.456 e. The third kappa shape index (κ3) is 3.79. The average Bonchev–Trinajstić information content (AvgIpc) is 3.25. The molecule has 0 amide bonds. The van der Waals surface area contributed by atoms with Crippen LogP contribution < -0.4 is 0 Å². The standard InChI is InChI=1S/C13H9F3N4O3S/c14-13(15,16)9-1-3-20(18-9)5-11(21)22-6-10-17-12(23-19-10)8-2-4-24-7-8/h1-4,7H,5-6H2. The molecule has 0 unspecified atom stereocenters. The number of hydrogen-bond donors (Lipinski definition) is 0. The van der Waals surface area contributed by atoms with Crippen LogP contribution in [0.3, 0.4) is 0 Å². The van der Waals surface area contributed by atoms with Crippen molar-refractivity contribution in [3.63, 3.8) is 0 Å². The van der Waals surface area contributed by atoms with Gasteiger partial charge in [-0.05, 0) is 17.5 Å². The van der Waals surface area contributed by atoms with Crippen LogP contribution in [-0.4, -0.2) is 25.9 Å². The van der Waals surface area contributed by atoms with Crippen molar-refractivity contribution in [2.75, 3.05) is 0 Å². The van der Waals surface area contributed by atoms with Crippen LogP contribution in [0.15, 0.2) is 33.6 Å². The smallest absolute Gasteiger partial charge is 0.435 e. The van der Waals surface area contributed by atoms with Gasteiger partial charge in [0.25, 0.3) is 5.89 Å². The molecule has 7 nitrogen and oxygen atoms in total. The zero-order valence-electron chi connectivity index (χ0n) is 11.9. The number of esters is 1. The number of carbonyl (C=O) groups is 1. The van der Waals surface area contributed by atoms with Crippen molar-refractivity contribution in [1.29, 1.82) is 0 Å². The average molecular weight is 358 g/mol. The molecule has 0 bridgehead atoms. The molecule has 24 heavy (non-hydrogen) atoms. The number of hydrogen-bond acceptors (Lipinski definition) is 7. The minimum absolute atomic E-state index is 0.154. The summed E-state index contributed by atoms with van der Waals surface area (Å²) in [7, 11) is 0. The summed E-state index contributed by atoms with van der Waals surface area (Å²) in [4.78, 5) is 15.7. The van der Waals surface area contributed by atoms with Crippen LogP contribution in [0.1, 0.15) is 11.5 Å². The van der Waals surface area contributed by atoms with E-state index in [4.69, 9.17) is 9.26 Å². The van der Waals surface area contributed by atoms with Gasteiger partial charge in [-0.15, -0.1) is 0 Å². The van der Waals surface area contributed by atoms with E-state index in [1.54, 1.807) is 6.07 Å². The second-order valence-corrected chi connectivity index (χ2v) is 5.36. The summed E-state index contributed by atoms with van der Waals surface area (Å²) in [5.74, 6) is -0.320. The van der Waals surface area contributed by atoms with Gasteiger partial charge >= 0.3 is 12.1 Å². The summed E-state index contributed by atoms with van der Waals surface area (Å²) >= 11 is 1.46. The van der Waals surface area contributed by atoms with E-state index >= 15 is 0 Å². The van der Waals surface area contributed by atoms with E-state index in [0.29, 0.717) is 5.89 Å². The minimum atomic E-state index is -4.56. The topological polar surface area (TPSA) is 83.0 Å². The van der Waals surface area contributed by atoms with E-state index < -0.39 is 24.4 Å². The SMILES string of the molecule is O=C(Cn1ccc(C(F)(F)F)n1)OCc1noc(-c2ccsc2)n1. The largest absolute Gasteiger partial charge is 0.456 e. The van der Waals surface area contributed by atoms with Crippen molar-refractivity contribution in [2.45, 2.75) is 19.3 Å². The quantitative estimate of drug-likeness (QED) is 0.652. The van der Waals surface area contributed by atoms with E-state index in [2.05, 4.69) is 15.2 Å². The van der Waals surface area contributed by atoms with E-state index in [0.717, 1.165) is 22.5 Å². The normalized spacial score (nSPS) is 11.6. The first-order valence-electron chi connectivity index (χ1n) is 6.53. The van der Waals surface area contributed by atoms with E-state index in [1.165, 1.54) is 11.3 Å². The highest BCUT2D eigenvalue weighted by Gasteiger charge is 2.33. The molecule has 0 aromatic carbocycles. The van der Waals surface area contributed by atoms with Gasteiger partial charge in [0.05, 0.1) is 5.56 Å². The number of halogens is 3. The number of nitrogens with zero attached hydrogens (tertiary/aromatic N) is 4. The lowest BCUT2D eigenvalue weighted by Gasteiger charge is -2.03. The molecule has 0 saturated carbocycles. The molecular weight excluding hydrogens is 349 g/mol. The summed E-state index contributed by atoms with van der Waals surface area (Å²) < 4.78 is 48.0. The number of thiophene rings is 1. The van der Waals surface area contributed by atoms with Gasteiger partial charge in [-0.1, -0.05) is 5.16 Å². The Morgan fingerprint density at radius 1 is 1.38 bits per heavy atom.